The maximum absolute atomic E-state index is 11.1. The van der Waals surface area contributed by atoms with Crippen molar-refractivity contribution in [3.63, 3.8) is 0 Å². The van der Waals surface area contributed by atoms with E-state index in [1.165, 1.54) is 50.1 Å². The zero-order valence-corrected chi connectivity index (χ0v) is 15.4. The predicted octanol–water partition coefficient (Wildman–Crippen LogP) is 3.54. The molecule has 3 N–H and O–H groups in total. The van der Waals surface area contributed by atoms with E-state index in [4.69, 9.17) is 5.73 Å². The van der Waals surface area contributed by atoms with E-state index < -0.39 is 0 Å². The molecule has 1 aliphatic rings. The standard InChI is InChI=1S/C22H29N3O/c23-22(26)20-9-7-18(8-10-20)17-19-11-15-25(16-12-19)14-4-13-24-21-5-2-1-3-6-21/h1-3,5-10,19,24H,4,11-17H2,(H2,23,26). The normalized spacial score (nSPS) is 15.7. The topological polar surface area (TPSA) is 58.4 Å². The molecule has 1 saturated heterocycles. The molecule has 0 spiro atoms. The summed E-state index contributed by atoms with van der Waals surface area (Å²) in [6.45, 7) is 4.57. The molecule has 4 heteroatoms. The highest BCUT2D eigenvalue weighted by Crippen LogP contribution is 2.22. The highest BCUT2D eigenvalue weighted by molar-refractivity contribution is 5.92. The number of primary amides is 1. The molecule has 0 atom stereocenters. The lowest BCUT2D eigenvalue weighted by Crippen LogP contribution is -2.35. The van der Waals surface area contributed by atoms with Gasteiger partial charge in [0, 0.05) is 17.8 Å². The summed E-state index contributed by atoms with van der Waals surface area (Å²) in [5.41, 5.74) is 8.40. The number of para-hydroxylation sites is 1. The lowest BCUT2D eigenvalue weighted by molar-refractivity contribution is 0.100. The molecule has 0 radical (unpaired) electrons. The number of hydrogen-bond acceptors (Lipinski definition) is 3. The molecule has 0 bridgehead atoms. The van der Waals surface area contributed by atoms with Gasteiger partial charge in [0.15, 0.2) is 0 Å². The third-order valence-corrected chi connectivity index (χ3v) is 5.22. The fraction of sp³-hybridized carbons (Fsp3) is 0.409. The molecular formula is C22H29N3O. The zero-order chi connectivity index (χ0) is 18.2. The number of rotatable bonds is 8. The Kier molecular flexibility index (Phi) is 6.67. The van der Waals surface area contributed by atoms with E-state index in [0.29, 0.717) is 5.56 Å². The summed E-state index contributed by atoms with van der Waals surface area (Å²) in [6.07, 6.45) is 4.78. The number of carbonyl (C=O) groups is 1. The first-order valence-electron chi connectivity index (χ1n) is 9.61. The van der Waals surface area contributed by atoms with E-state index >= 15 is 0 Å². The molecule has 138 valence electrons. The Bertz CT molecular complexity index is 676. The summed E-state index contributed by atoms with van der Waals surface area (Å²) < 4.78 is 0. The summed E-state index contributed by atoms with van der Waals surface area (Å²) in [7, 11) is 0. The summed E-state index contributed by atoms with van der Waals surface area (Å²) >= 11 is 0. The first kappa shape index (κ1) is 18.5. The summed E-state index contributed by atoms with van der Waals surface area (Å²) in [5.74, 6) is 0.389. The SMILES string of the molecule is NC(=O)c1ccc(CC2CCN(CCCNc3ccccc3)CC2)cc1. The maximum Gasteiger partial charge on any atom is 0.248 e. The van der Waals surface area contributed by atoms with Crippen LogP contribution in [0.1, 0.15) is 35.2 Å². The highest BCUT2D eigenvalue weighted by atomic mass is 16.1. The van der Waals surface area contributed by atoms with Gasteiger partial charge in [-0.05, 0) is 81.1 Å². The highest BCUT2D eigenvalue weighted by Gasteiger charge is 2.19. The number of benzene rings is 2. The molecule has 1 aliphatic heterocycles. The van der Waals surface area contributed by atoms with Crippen LogP contribution >= 0.6 is 0 Å². The van der Waals surface area contributed by atoms with Gasteiger partial charge in [-0.3, -0.25) is 4.79 Å². The van der Waals surface area contributed by atoms with Crippen molar-refractivity contribution in [2.75, 3.05) is 31.5 Å². The second-order valence-corrected chi connectivity index (χ2v) is 7.20. The molecule has 0 saturated carbocycles. The molecule has 0 aliphatic carbocycles. The lowest BCUT2D eigenvalue weighted by Gasteiger charge is -2.32. The molecule has 2 aromatic rings. The molecule has 1 fully saturated rings. The number of anilines is 1. The van der Waals surface area contributed by atoms with E-state index in [2.05, 4.69) is 34.5 Å². The minimum absolute atomic E-state index is 0.355. The van der Waals surface area contributed by atoms with Gasteiger partial charge in [0.05, 0.1) is 0 Å². The van der Waals surface area contributed by atoms with Crippen LogP contribution in [-0.4, -0.2) is 37.0 Å². The Balaban J connectivity index is 1.33. The van der Waals surface area contributed by atoms with Crippen LogP contribution in [0.25, 0.3) is 0 Å². The predicted molar refractivity (Wildman–Crippen MR) is 107 cm³/mol. The third kappa shape index (κ3) is 5.60. The first-order valence-corrected chi connectivity index (χ1v) is 9.61. The van der Waals surface area contributed by atoms with E-state index in [-0.39, 0.29) is 5.91 Å². The summed E-state index contributed by atoms with van der Waals surface area (Å²) in [5, 5.41) is 3.48. The van der Waals surface area contributed by atoms with Crippen molar-refractivity contribution in [2.45, 2.75) is 25.7 Å². The number of likely N-dealkylation sites (tertiary alicyclic amines) is 1. The van der Waals surface area contributed by atoms with E-state index in [0.717, 1.165) is 18.9 Å². The zero-order valence-electron chi connectivity index (χ0n) is 15.4. The van der Waals surface area contributed by atoms with Crippen LogP contribution < -0.4 is 11.1 Å². The molecule has 4 nitrogen and oxygen atoms in total. The van der Waals surface area contributed by atoms with Crippen LogP contribution in [0.15, 0.2) is 54.6 Å². The number of carbonyl (C=O) groups excluding carboxylic acids is 1. The van der Waals surface area contributed by atoms with Crippen molar-refractivity contribution < 1.29 is 4.79 Å². The Morgan fingerprint density at radius 1 is 1.04 bits per heavy atom. The average Bonchev–Trinajstić information content (AvgIpc) is 2.68. The first-order chi connectivity index (χ1) is 12.7. The second kappa shape index (κ2) is 9.39. The van der Waals surface area contributed by atoms with Crippen molar-refractivity contribution in [3.05, 3.63) is 65.7 Å². The minimum atomic E-state index is -0.355. The van der Waals surface area contributed by atoms with Gasteiger partial charge in [-0.15, -0.1) is 0 Å². The van der Waals surface area contributed by atoms with Gasteiger partial charge >= 0.3 is 0 Å². The van der Waals surface area contributed by atoms with Crippen molar-refractivity contribution in [3.8, 4) is 0 Å². The summed E-state index contributed by atoms with van der Waals surface area (Å²) in [6, 6.07) is 18.2. The fourth-order valence-electron chi connectivity index (χ4n) is 3.64. The maximum atomic E-state index is 11.1. The quantitative estimate of drug-likeness (QED) is 0.715. The molecule has 1 amide bonds. The van der Waals surface area contributed by atoms with Gasteiger partial charge < -0.3 is 16.0 Å². The van der Waals surface area contributed by atoms with Gasteiger partial charge in [0.2, 0.25) is 5.91 Å². The molecule has 0 unspecified atom stereocenters. The Hall–Kier alpha value is -2.33. The van der Waals surface area contributed by atoms with Crippen LogP contribution in [0.4, 0.5) is 5.69 Å². The van der Waals surface area contributed by atoms with Crippen LogP contribution in [0.3, 0.4) is 0 Å². The fourth-order valence-corrected chi connectivity index (χ4v) is 3.64. The van der Waals surface area contributed by atoms with E-state index in [1.807, 2.05) is 30.3 Å². The lowest BCUT2D eigenvalue weighted by atomic mass is 9.90. The minimum Gasteiger partial charge on any atom is -0.385 e. The van der Waals surface area contributed by atoms with Gasteiger partial charge in [-0.1, -0.05) is 30.3 Å². The Morgan fingerprint density at radius 2 is 1.73 bits per heavy atom. The van der Waals surface area contributed by atoms with Crippen LogP contribution in [-0.2, 0) is 6.42 Å². The van der Waals surface area contributed by atoms with Crippen molar-refractivity contribution >= 4 is 11.6 Å². The molecule has 2 aromatic carbocycles. The molecular weight excluding hydrogens is 322 g/mol. The molecule has 26 heavy (non-hydrogen) atoms. The molecule has 1 heterocycles. The number of nitrogens with zero attached hydrogens (tertiary/aromatic N) is 1. The third-order valence-electron chi connectivity index (χ3n) is 5.22. The smallest absolute Gasteiger partial charge is 0.248 e. The van der Waals surface area contributed by atoms with Crippen LogP contribution in [0, 0.1) is 5.92 Å². The number of piperidine rings is 1. The number of nitrogens with two attached hydrogens (primary N) is 1. The largest absolute Gasteiger partial charge is 0.385 e. The monoisotopic (exact) mass is 351 g/mol. The Morgan fingerprint density at radius 3 is 2.38 bits per heavy atom. The molecule has 0 aromatic heterocycles. The van der Waals surface area contributed by atoms with Gasteiger partial charge in [-0.25, -0.2) is 0 Å². The van der Waals surface area contributed by atoms with E-state index in [1.54, 1.807) is 0 Å². The average molecular weight is 351 g/mol. The number of nitrogens with one attached hydrogen (secondary N) is 1. The summed E-state index contributed by atoms with van der Waals surface area (Å²) in [4.78, 5) is 13.7. The van der Waals surface area contributed by atoms with Crippen molar-refractivity contribution in [2.24, 2.45) is 11.7 Å². The van der Waals surface area contributed by atoms with Crippen molar-refractivity contribution in [1.29, 1.82) is 0 Å². The van der Waals surface area contributed by atoms with Gasteiger partial charge in [-0.2, -0.15) is 0 Å². The Labute approximate surface area is 156 Å². The van der Waals surface area contributed by atoms with Gasteiger partial charge in [0.1, 0.15) is 0 Å². The van der Waals surface area contributed by atoms with Gasteiger partial charge in [0.25, 0.3) is 0 Å². The van der Waals surface area contributed by atoms with Crippen molar-refractivity contribution in [1.82, 2.24) is 4.90 Å². The number of hydrogen-bond donors (Lipinski definition) is 2. The second-order valence-electron chi connectivity index (χ2n) is 7.20. The van der Waals surface area contributed by atoms with Crippen LogP contribution in [0.5, 0.6) is 0 Å². The van der Waals surface area contributed by atoms with E-state index in [9.17, 15) is 4.79 Å². The molecule has 3 rings (SSSR count). The number of amides is 1. The van der Waals surface area contributed by atoms with Crippen LogP contribution in [0.2, 0.25) is 0 Å².